The molecular weight excluding hydrogens is 478 g/mol. The van der Waals surface area contributed by atoms with Crippen LogP contribution in [0.2, 0.25) is 0 Å². The molecule has 0 spiro atoms. The van der Waals surface area contributed by atoms with Crippen LogP contribution in [0.3, 0.4) is 0 Å². The van der Waals surface area contributed by atoms with Crippen LogP contribution in [0, 0.1) is 25.7 Å². The van der Waals surface area contributed by atoms with Gasteiger partial charge in [0.1, 0.15) is 7.11 Å². The van der Waals surface area contributed by atoms with Gasteiger partial charge in [0.2, 0.25) is 0 Å². The SMILES string of the molecule is CON=C(C)c1sccc1C#Cc1c(-c2cccc3c(C)c[nH]c23)cc(C)c2c1C(C)C(O)C(C)(C)N2. The molecule has 0 amide bonds. The molecule has 190 valence electrons. The zero-order valence-electron chi connectivity index (χ0n) is 22.4. The van der Waals surface area contributed by atoms with Crippen LogP contribution in [0.15, 0.2) is 47.1 Å². The van der Waals surface area contributed by atoms with Crippen LogP contribution < -0.4 is 5.32 Å². The molecule has 0 saturated carbocycles. The van der Waals surface area contributed by atoms with Gasteiger partial charge in [-0.15, -0.1) is 11.3 Å². The third kappa shape index (κ3) is 4.22. The average Bonchev–Trinajstić information content (AvgIpc) is 3.49. The average molecular weight is 512 g/mol. The van der Waals surface area contributed by atoms with Crippen molar-refractivity contribution in [1.29, 1.82) is 0 Å². The number of oxime groups is 1. The Morgan fingerprint density at radius 3 is 2.68 bits per heavy atom. The van der Waals surface area contributed by atoms with E-state index in [9.17, 15) is 5.11 Å². The van der Waals surface area contributed by atoms with Crippen LogP contribution in [0.1, 0.15) is 66.3 Å². The second-order valence-corrected chi connectivity index (χ2v) is 11.4. The highest BCUT2D eigenvalue weighted by Gasteiger charge is 2.40. The number of thiophene rings is 1. The molecule has 0 bridgehead atoms. The molecule has 6 heteroatoms. The molecule has 37 heavy (non-hydrogen) atoms. The molecule has 5 rings (SSSR count). The Morgan fingerprint density at radius 1 is 1.14 bits per heavy atom. The number of aromatic nitrogens is 1. The minimum absolute atomic E-state index is 0.0995. The van der Waals surface area contributed by atoms with E-state index in [0.29, 0.717) is 0 Å². The highest BCUT2D eigenvalue weighted by molar-refractivity contribution is 7.12. The molecule has 0 aliphatic carbocycles. The number of nitrogens with one attached hydrogen (secondary N) is 2. The number of hydrogen-bond donors (Lipinski definition) is 3. The Hall–Kier alpha value is -3.53. The van der Waals surface area contributed by atoms with Crippen molar-refractivity contribution in [3.05, 3.63) is 74.6 Å². The van der Waals surface area contributed by atoms with E-state index in [2.05, 4.69) is 78.5 Å². The molecule has 0 radical (unpaired) electrons. The predicted octanol–water partition coefficient (Wildman–Crippen LogP) is 6.95. The molecule has 1 aliphatic rings. The molecule has 2 atom stereocenters. The van der Waals surface area contributed by atoms with Gasteiger partial charge in [0, 0.05) is 45.4 Å². The van der Waals surface area contributed by atoms with Gasteiger partial charge < -0.3 is 20.2 Å². The summed E-state index contributed by atoms with van der Waals surface area (Å²) < 4.78 is 0. The van der Waals surface area contributed by atoms with Crippen molar-refractivity contribution in [2.24, 2.45) is 5.16 Å². The topological polar surface area (TPSA) is 69.6 Å². The molecule has 0 saturated heterocycles. The van der Waals surface area contributed by atoms with Gasteiger partial charge in [-0.1, -0.05) is 42.1 Å². The molecule has 2 aromatic heterocycles. The van der Waals surface area contributed by atoms with Gasteiger partial charge in [-0.05, 0) is 68.8 Å². The summed E-state index contributed by atoms with van der Waals surface area (Å²) in [5.41, 5.74) is 9.94. The summed E-state index contributed by atoms with van der Waals surface area (Å²) in [4.78, 5) is 9.48. The van der Waals surface area contributed by atoms with Crippen LogP contribution in [-0.4, -0.2) is 34.6 Å². The summed E-state index contributed by atoms with van der Waals surface area (Å²) in [7, 11) is 1.55. The molecule has 3 heterocycles. The van der Waals surface area contributed by atoms with Crippen LogP contribution in [0.4, 0.5) is 5.69 Å². The molecule has 3 N–H and O–H groups in total. The van der Waals surface area contributed by atoms with Gasteiger partial charge in [0.25, 0.3) is 0 Å². The maximum atomic E-state index is 11.3. The number of benzene rings is 2. The number of nitrogens with zero attached hydrogens (tertiary/aromatic N) is 1. The Bertz CT molecular complexity index is 1600. The lowest BCUT2D eigenvalue weighted by Crippen LogP contribution is -2.50. The van der Waals surface area contributed by atoms with Gasteiger partial charge in [0.15, 0.2) is 0 Å². The third-order valence-electron chi connectivity index (χ3n) is 7.44. The van der Waals surface area contributed by atoms with Crippen molar-refractivity contribution in [2.75, 3.05) is 12.4 Å². The summed E-state index contributed by atoms with van der Waals surface area (Å²) in [6.45, 7) is 12.4. The minimum atomic E-state index is -0.563. The van der Waals surface area contributed by atoms with Gasteiger partial charge in [-0.2, -0.15) is 0 Å². The smallest absolute Gasteiger partial charge is 0.106 e. The van der Waals surface area contributed by atoms with E-state index in [1.54, 1.807) is 18.4 Å². The summed E-state index contributed by atoms with van der Waals surface area (Å²) >= 11 is 1.60. The fourth-order valence-electron chi connectivity index (χ4n) is 5.51. The maximum absolute atomic E-state index is 11.3. The van der Waals surface area contributed by atoms with E-state index < -0.39 is 11.6 Å². The zero-order valence-corrected chi connectivity index (χ0v) is 23.2. The first-order chi connectivity index (χ1) is 17.6. The number of fused-ring (bicyclic) bond motifs is 2. The van der Waals surface area contributed by atoms with E-state index in [1.807, 2.05) is 32.2 Å². The van der Waals surface area contributed by atoms with E-state index >= 15 is 0 Å². The van der Waals surface area contributed by atoms with Crippen LogP contribution in [0.5, 0.6) is 0 Å². The minimum Gasteiger partial charge on any atom is -0.399 e. The van der Waals surface area contributed by atoms with Gasteiger partial charge in [-0.3, -0.25) is 0 Å². The number of rotatable bonds is 3. The Morgan fingerprint density at radius 2 is 1.92 bits per heavy atom. The van der Waals surface area contributed by atoms with Crippen molar-refractivity contribution < 1.29 is 9.94 Å². The fraction of sp³-hybridized carbons (Fsp3) is 0.323. The molecule has 2 unspecified atom stereocenters. The molecule has 4 aromatic rings. The number of aromatic amines is 1. The van der Waals surface area contributed by atoms with Gasteiger partial charge in [-0.25, -0.2) is 0 Å². The molecular formula is C31H33N3O2S. The fourth-order valence-corrected chi connectivity index (χ4v) is 6.30. The van der Waals surface area contributed by atoms with Crippen LogP contribution in [-0.2, 0) is 4.84 Å². The first-order valence-corrected chi connectivity index (χ1v) is 13.4. The summed E-state index contributed by atoms with van der Waals surface area (Å²) in [6, 6.07) is 10.7. The first-order valence-electron chi connectivity index (χ1n) is 12.5. The van der Waals surface area contributed by atoms with Crippen LogP contribution >= 0.6 is 11.3 Å². The van der Waals surface area contributed by atoms with E-state index in [-0.39, 0.29) is 5.92 Å². The summed E-state index contributed by atoms with van der Waals surface area (Å²) in [5.74, 6) is 6.90. The van der Waals surface area contributed by atoms with Gasteiger partial charge in [0.05, 0.1) is 27.7 Å². The third-order valence-corrected chi connectivity index (χ3v) is 8.46. The summed E-state index contributed by atoms with van der Waals surface area (Å²) in [6.07, 6.45) is 1.49. The Kier molecular flexibility index (Phi) is 6.39. The lowest BCUT2D eigenvalue weighted by atomic mass is 9.75. The maximum Gasteiger partial charge on any atom is 0.106 e. The zero-order chi connectivity index (χ0) is 26.5. The molecule has 0 fully saturated rings. The number of aliphatic hydroxyl groups excluding tert-OH is 1. The normalized spacial score (nSPS) is 18.6. The molecule has 5 nitrogen and oxygen atoms in total. The highest BCUT2D eigenvalue weighted by Crippen LogP contribution is 2.46. The number of H-pyrrole nitrogens is 1. The first kappa shape index (κ1) is 25.1. The van der Waals surface area contributed by atoms with Crippen molar-refractivity contribution in [2.45, 2.75) is 59.1 Å². The lowest BCUT2D eigenvalue weighted by molar-refractivity contribution is 0.0868. The predicted molar refractivity (Wildman–Crippen MR) is 155 cm³/mol. The summed E-state index contributed by atoms with van der Waals surface area (Å²) in [5, 5.41) is 22.3. The largest absolute Gasteiger partial charge is 0.399 e. The van der Waals surface area contributed by atoms with E-state index in [4.69, 9.17) is 4.84 Å². The number of hydrogen-bond acceptors (Lipinski definition) is 5. The molecule has 1 aliphatic heterocycles. The number of para-hydroxylation sites is 1. The number of aliphatic hydroxyl groups is 1. The van der Waals surface area contributed by atoms with Crippen molar-refractivity contribution in [3.63, 3.8) is 0 Å². The van der Waals surface area contributed by atoms with Gasteiger partial charge >= 0.3 is 0 Å². The van der Waals surface area contributed by atoms with Crippen molar-refractivity contribution in [3.8, 4) is 23.0 Å². The second kappa shape index (κ2) is 9.41. The second-order valence-electron chi connectivity index (χ2n) is 10.5. The van der Waals surface area contributed by atoms with E-state index in [1.165, 1.54) is 10.9 Å². The Labute approximate surface area is 222 Å². The quantitative estimate of drug-likeness (QED) is 0.158. The molecule has 2 aromatic carbocycles. The van der Waals surface area contributed by atoms with Crippen molar-refractivity contribution in [1.82, 2.24) is 4.98 Å². The van der Waals surface area contributed by atoms with E-state index in [0.717, 1.165) is 55.2 Å². The number of aryl methyl sites for hydroxylation is 2. The number of anilines is 1. The van der Waals surface area contributed by atoms with Crippen molar-refractivity contribution >= 4 is 33.6 Å². The monoisotopic (exact) mass is 511 g/mol. The Balaban J connectivity index is 1.81. The van der Waals surface area contributed by atoms with Crippen LogP contribution in [0.25, 0.3) is 22.0 Å². The lowest BCUT2D eigenvalue weighted by Gasteiger charge is -2.43. The standard InChI is InChI=1S/C31H33N3O2S/c1-17-15-25(24-10-8-9-22-18(2)16-32-28(22)24)23(26-19(3)30(35)31(5,6)33-27(17)26)12-11-21-13-14-37-29(21)20(4)34-36-7/h8-10,13-16,19,30,32-33,35H,1-7H3. The highest BCUT2D eigenvalue weighted by atomic mass is 32.1.